The summed E-state index contributed by atoms with van der Waals surface area (Å²) in [6.07, 6.45) is 7.44. The molecule has 0 unspecified atom stereocenters. The molecule has 2 rings (SSSR count). The van der Waals surface area contributed by atoms with Gasteiger partial charge in [-0.2, -0.15) is 0 Å². The molecule has 13 heavy (non-hydrogen) atoms. The van der Waals surface area contributed by atoms with Crippen molar-refractivity contribution in [2.24, 2.45) is 0 Å². The normalized spacial score (nSPS) is 16.2. The lowest BCUT2D eigenvalue weighted by Gasteiger charge is -2.24. The van der Waals surface area contributed by atoms with Crippen molar-refractivity contribution in [2.75, 3.05) is 18.0 Å². The van der Waals surface area contributed by atoms with Gasteiger partial charge in [0.25, 0.3) is 0 Å². The second kappa shape index (κ2) is 3.60. The summed E-state index contributed by atoms with van der Waals surface area (Å²) in [6.45, 7) is 4.19. The molecule has 0 spiro atoms. The average molecular weight is 174 g/mol. The molecule has 2 heterocycles. The fraction of sp³-hybridized carbons (Fsp3) is 0.364. The van der Waals surface area contributed by atoms with Gasteiger partial charge < -0.3 is 4.90 Å². The molecule has 0 aromatic carbocycles. The number of aromatic nitrogens is 1. The maximum Gasteiger partial charge on any atom is 0.129 e. The monoisotopic (exact) mass is 174 g/mol. The Morgan fingerprint density at radius 2 is 2.31 bits per heavy atom. The minimum atomic E-state index is 0.996. The number of hydrogen-bond acceptors (Lipinski definition) is 2. The zero-order valence-corrected chi connectivity index (χ0v) is 7.90. The fourth-order valence-corrected chi connectivity index (χ4v) is 1.54. The van der Waals surface area contributed by atoms with Crippen molar-refractivity contribution in [1.29, 1.82) is 0 Å². The van der Waals surface area contributed by atoms with Crippen molar-refractivity contribution < 1.29 is 0 Å². The second-order valence-electron chi connectivity index (χ2n) is 3.40. The molecule has 0 fully saturated rings. The minimum Gasteiger partial charge on any atom is -0.353 e. The van der Waals surface area contributed by atoms with Gasteiger partial charge in [0, 0.05) is 19.3 Å². The van der Waals surface area contributed by atoms with E-state index in [9.17, 15) is 0 Å². The molecule has 0 atom stereocenters. The molecule has 2 nitrogen and oxygen atoms in total. The molecule has 0 bridgehead atoms. The van der Waals surface area contributed by atoms with Gasteiger partial charge in [-0.15, -0.1) is 0 Å². The summed E-state index contributed by atoms with van der Waals surface area (Å²) < 4.78 is 0. The highest BCUT2D eigenvalue weighted by molar-refractivity contribution is 5.42. The number of rotatable bonds is 1. The van der Waals surface area contributed by atoms with E-state index in [1.165, 1.54) is 5.56 Å². The van der Waals surface area contributed by atoms with E-state index < -0.39 is 0 Å². The van der Waals surface area contributed by atoms with E-state index in [2.05, 4.69) is 35.0 Å². The molecular weight excluding hydrogens is 160 g/mol. The molecule has 2 heteroatoms. The minimum absolute atomic E-state index is 0.996. The zero-order valence-electron chi connectivity index (χ0n) is 7.90. The Bertz CT molecular complexity index is 318. The predicted octanol–water partition coefficient (Wildman–Crippen LogP) is 2.16. The van der Waals surface area contributed by atoms with E-state index in [0.29, 0.717) is 0 Å². The highest BCUT2D eigenvalue weighted by Gasteiger charge is 2.07. The van der Waals surface area contributed by atoms with E-state index in [-0.39, 0.29) is 0 Å². The summed E-state index contributed by atoms with van der Waals surface area (Å²) in [6, 6.07) is 4.17. The van der Waals surface area contributed by atoms with Gasteiger partial charge in [-0.3, -0.25) is 0 Å². The Labute approximate surface area is 78.9 Å². The first-order valence-corrected chi connectivity index (χ1v) is 4.69. The van der Waals surface area contributed by atoms with E-state index in [1.807, 2.05) is 12.3 Å². The Balaban J connectivity index is 2.20. The summed E-state index contributed by atoms with van der Waals surface area (Å²) in [5.41, 5.74) is 1.28. The third kappa shape index (κ3) is 1.89. The predicted molar refractivity (Wildman–Crippen MR) is 54.9 cm³/mol. The first-order valence-electron chi connectivity index (χ1n) is 4.69. The number of aryl methyl sites for hydroxylation is 1. The van der Waals surface area contributed by atoms with Crippen molar-refractivity contribution in [2.45, 2.75) is 13.3 Å². The second-order valence-corrected chi connectivity index (χ2v) is 3.40. The fourth-order valence-electron chi connectivity index (χ4n) is 1.54. The van der Waals surface area contributed by atoms with Crippen LogP contribution in [0.1, 0.15) is 12.0 Å². The van der Waals surface area contributed by atoms with Crippen LogP contribution in [-0.4, -0.2) is 18.1 Å². The summed E-state index contributed by atoms with van der Waals surface area (Å²) in [4.78, 5) is 6.65. The molecule has 0 N–H and O–H groups in total. The highest BCUT2D eigenvalue weighted by Crippen LogP contribution is 2.14. The molecule has 1 aliphatic rings. The van der Waals surface area contributed by atoms with E-state index in [0.717, 1.165) is 25.3 Å². The summed E-state index contributed by atoms with van der Waals surface area (Å²) in [5, 5.41) is 0. The number of pyridine rings is 1. The van der Waals surface area contributed by atoms with Gasteiger partial charge in [0.2, 0.25) is 0 Å². The summed E-state index contributed by atoms with van der Waals surface area (Å²) >= 11 is 0. The standard InChI is InChI=1S/C11H14N2/c1-10-5-6-12-11(9-10)13-7-3-2-4-8-13/h2-3,5-6,9H,4,7-8H2,1H3. The molecule has 0 amide bonds. The molecular formula is C11H14N2. The van der Waals surface area contributed by atoms with Crippen molar-refractivity contribution in [3.63, 3.8) is 0 Å². The zero-order chi connectivity index (χ0) is 9.10. The lowest BCUT2D eigenvalue weighted by atomic mass is 10.2. The highest BCUT2D eigenvalue weighted by atomic mass is 15.2. The third-order valence-corrected chi connectivity index (χ3v) is 2.28. The Morgan fingerprint density at radius 3 is 3.00 bits per heavy atom. The van der Waals surface area contributed by atoms with Crippen molar-refractivity contribution in [1.82, 2.24) is 4.98 Å². The molecule has 0 saturated carbocycles. The van der Waals surface area contributed by atoms with Crippen LogP contribution in [0.4, 0.5) is 5.82 Å². The van der Waals surface area contributed by atoms with Gasteiger partial charge in [0.05, 0.1) is 0 Å². The Morgan fingerprint density at radius 1 is 1.38 bits per heavy atom. The Kier molecular flexibility index (Phi) is 2.30. The summed E-state index contributed by atoms with van der Waals surface area (Å²) in [5.74, 6) is 1.10. The first kappa shape index (κ1) is 8.30. The molecule has 1 aliphatic heterocycles. The topological polar surface area (TPSA) is 16.1 Å². The van der Waals surface area contributed by atoms with Gasteiger partial charge in [-0.25, -0.2) is 4.98 Å². The third-order valence-electron chi connectivity index (χ3n) is 2.28. The summed E-state index contributed by atoms with van der Waals surface area (Å²) in [7, 11) is 0. The SMILES string of the molecule is Cc1ccnc(N2CC=CCC2)c1. The number of hydrogen-bond donors (Lipinski definition) is 0. The number of nitrogens with zero attached hydrogens (tertiary/aromatic N) is 2. The van der Waals surface area contributed by atoms with Crippen LogP contribution in [0.2, 0.25) is 0 Å². The van der Waals surface area contributed by atoms with Crippen LogP contribution in [0.25, 0.3) is 0 Å². The maximum atomic E-state index is 4.36. The van der Waals surface area contributed by atoms with Crippen molar-refractivity contribution in [3.8, 4) is 0 Å². The molecule has 68 valence electrons. The van der Waals surface area contributed by atoms with E-state index in [4.69, 9.17) is 0 Å². The van der Waals surface area contributed by atoms with Crippen LogP contribution in [0, 0.1) is 6.92 Å². The van der Waals surface area contributed by atoms with Gasteiger partial charge in [-0.05, 0) is 31.0 Å². The molecule has 0 aliphatic carbocycles. The van der Waals surface area contributed by atoms with Crippen LogP contribution in [0.15, 0.2) is 30.5 Å². The maximum absolute atomic E-state index is 4.36. The quantitative estimate of drug-likeness (QED) is 0.606. The lowest BCUT2D eigenvalue weighted by molar-refractivity contribution is 0.805. The van der Waals surface area contributed by atoms with Crippen molar-refractivity contribution >= 4 is 5.82 Å². The molecule has 1 aromatic rings. The first-order chi connectivity index (χ1) is 6.36. The van der Waals surface area contributed by atoms with Crippen LogP contribution >= 0.6 is 0 Å². The van der Waals surface area contributed by atoms with Gasteiger partial charge in [0.15, 0.2) is 0 Å². The van der Waals surface area contributed by atoms with E-state index in [1.54, 1.807) is 0 Å². The largest absolute Gasteiger partial charge is 0.353 e. The van der Waals surface area contributed by atoms with Gasteiger partial charge in [0.1, 0.15) is 5.82 Å². The number of anilines is 1. The van der Waals surface area contributed by atoms with Gasteiger partial charge >= 0.3 is 0 Å². The molecule has 0 saturated heterocycles. The van der Waals surface area contributed by atoms with Crippen molar-refractivity contribution in [3.05, 3.63) is 36.0 Å². The molecule has 0 radical (unpaired) electrons. The van der Waals surface area contributed by atoms with Crippen LogP contribution < -0.4 is 4.90 Å². The van der Waals surface area contributed by atoms with Gasteiger partial charge in [-0.1, -0.05) is 12.2 Å². The Hall–Kier alpha value is -1.31. The molecule has 1 aromatic heterocycles. The van der Waals surface area contributed by atoms with Crippen LogP contribution in [0.5, 0.6) is 0 Å². The smallest absolute Gasteiger partial charge is 0.129 e. The van der Waals surface area contributed by atoms with E-state index >= 15 is 0 Å². The van der Waals surface area contributed by atoms with Crippen LogP contribution in [0.3, 0.4) is 0 Å². The lowest BCUT2D eigenvalue weighted by Crippen LogP contribution is -2.27. The average Bonchev–Trinajstić information content (AvgIpc) is 2.19. The van der Waals surface area contributed by atoms with Crippen LogP contribution in [-0.2, 0) is 0 Å².